The minimum atomic E-state index is -2.52. The van der Waals surface area contributed by atoms with Gasteiger partial charge in [0.1, 0.15) is 0 Å². The fourth-order valence-corrected chi connectivity index (χ4v) is 1.91. The van der Waals surface area contributed by atoms with Crippen LogP contribution in [0.4, 0.5) is 8.78 Å². The van der Waals surface area contributed by atoms with Crippen LogP contribution in [0.1, 0.15) is 33.1 Å². The summed E-state index contributed by atoms with van der Waals surface area (Å²) in [5.74, 6) is -2.10. The summed E-state index contributed by atoms with van der Waals surface area (Å²) in [4.78, 5) is 0. The summed E-state index contributed by atoms with van der Waals surface area (Å²) in [7, 11) is 0. The van der Waals surface area contributed by atoms with Crippen molar-refractivity contribution in [1.29, 1.82) is 0 Å². The van der Waals surface area contributed by atoms with E-state index in [-0.39, 0.29) is 24.8 Å². The molecule has 1 aliphatic rings. The molecule has 0 aromatic heterocycles. The highest BCUT2D eigenvalue weighted by Crippen LogP contribution is 2.39. The number of hydrogen-bond donors (Lipinski definition) is 1. The second-order valence-corrected chi connectivity index (χ2v) is 4.26. The third-order valence-electron chi connectivity index (χ3n) is 2.67. The summed E-state index contributed by atoms with van der Waals surface area (Å²) in [6.45, 7) is 3.97. The van der Waals surface area contributed by atoms with Gasteiger partial charge in [0.2, 0.25) is 5.92 Å². The quantitative estimate of drug-likeness (QED) is 0.654. The molecule has 2 N–H and O–H groups in total. The molecule has 3 heteroatoms. The molecule has 0 bridgehead atoms. The van der Waals surface area contributed by atoms with Gasteiger partial charge >= 0.3 is 0 Å². The van der Waals surface area contributed by atoms with Crippen molar-refractivity contribution < 1.29 is 8.78 Å². The first-order valence-corrected chi connectivity index (χ1v) is 4.54. The van der Waals surface area contributed by atoms with Crippen molar-refractivity contribution in [3.05, 3.63) is 0 Å². The molecule has 12 heavy (non-hydrogen) atoms. The van der Waals surface area contributed by atoms with Crippen molar-refractivity contribution in [1.82, 2.24) is 0 Å². The lowest BCUT2D eigenvalue weighted by Gasteiger charge is -2.34. The number of rotatable bonds is 1. The van der Waals surface area contributed by atoms with E-state index >= 15 is 0 Å². The van der Waals surface area contributed by atoms with Gasteiger partial charge in [0, 0.05) is 18.9 Å². The van der Waals surface area contributed by atoms with E-state index in [0.717, 1.165) is 6.42 Å². The van der Waals surface area contributed by atoms with Crippen LogP contribution in [0.15, 0.2) is 0 Å². The third-order valence-corrected chi connectivity index (χ3v) is 2.67. The highest BCUT2D eigenvalue weighted by Gasteiger charge is 2.40. The van der Waals surface area contributed by atoms with Crippen LogP contribution in [0.5, 0.6) is 0 Å². The zero-order valence-electron chi connectivity index (χ0n) is 7.69. The molecule has 1 aliphatic carbocycles. The summed E-state index contributed by atoms with van der Waals surface area (Å²) in [5, 5.41) is 0. The number of nitrogens with two attached hydrogens (primary N) is 1. The molecule has 0 radical (unpaired) electrons. The van der Waals surface area contributed by atoms with Crippen LogP contribution >= 0.6 is 0 Å². The van der Waals surface area contributed by atoms with E-state index in [0.29, 0.717) is 5.92 Å². The Bertz CT molecular complexity index is 157. The largest absolute Gasteiger partial charge is 0.327 e. The van der Waals surface area contributed by atoms with Gasteiger partial charge < -0.3 is 5.73 Å². The first kappa shape index (κ1) is 9.90. The van der Waals surface area contributed by atoms with Crippen LogP contribution in [0.3, 0.4) is 0 Å². The lowest BCUT2D eigenvalue weighted by atomic mass is 9.78. The zero-order chi connectivity index (χ0) is 9.35. The van der Waals surface area contributed by atoms with Gasteiger partial charge in [-0.1, -0.05) is 13.8 Å². The van der Waals surface area contributed by atoms with Crippen molar-refractivity contribution >= 4 is 0 Å². The molecule has 1 unspecified atom stereocenters. The first-order chi connectivity index (χ1) is 5.41. The molecular formula is C9H17F2N. The van der Waals surface area contributed by atoms with Crippen molar-refractivity contribution in [2.24, 2.45) is 17.6 Å². The normalized spacial score (nSPS) is 35.5. The maximum atomic E-state index is 13.0. The molecular weight excluding hydrogens is 160 g/mol. The van der Waals surface area contributed by atoms with Crippen molar-refractivity contribution in [2.75, 3.05) is 0 Å². The number of hydrogen-bond acceptors (Lipinski definition) is 1. The third kappa shape index (κ3) is 2.41. The molecule has 0 aromatic rings. The monoisotopic (exact) mass is 177 g/mol. The summed E-state index contributed by atoms with van der Waals surface area (Å²) < 4.78 is 26.0. The first-order valence-electron chi connectivity index (χ1n) is 4.54. The standard InChI is InChI=1S/C9H17F2N/c1-6(2)7-3-8(12)5-9(10,11)4-7/h6-8H,3-5,12H2,1-2H3/t7?,8-/m0/s1. The second-order valence-electron chi connectivity index (χ2n) is 4.26. The molecule has 0 spiro atoms. The molecule has 0 aromatic carbocycles. The summed E-state index contributed by atoms with van der Waals surface area (Å²) >= 11 is 0. The topological polar surface area (TPSA) is 26.0 Å². The fraction of sp³-hybridized carbons (Fsp3) is 1.00. The Hall–Kier alpha value is -0.180. The average molecular weight is 177 g/mol. The molecule has 1 rings (SSSR count). The Labute approximate surface area is 72.3 Å². The molecule has 72 valence electrons. The van der Waals surface area contributed by atoms with E-state index in [1.165, 1.54) is 0 Å². The molecule has 2 atom stereocenters. The summed E-state index contributed by atoms with van der Waals surface area (Å²) in [6, 6.07) is -0.304. The van der Waals surface area contributed by atoms with Crippen molar-refractivity contribution in [2.45, 2.75) is 45.1 Å². The molecule has 0 aliphatic heterocycles. The van der Waals surface area contributed by atoms with Gasteiger partial charge in [-0.3, -0.25) is 0 Å². The van der Waals surface area contributed by atoms with E-state index in [9.17, 15) is 8.78 Å². The van der Waals surface area contributed by atoms with Crippen LogP contribution in [0, 0.1) is 11.8 Å². The minimum absolute atomic E-state index is 0.0262. The SMILES string of the molecule is CC(C)C1C[C@H](N)CC(F)(F)C1. The van der Waals surface area contributed by atoms with E-state index < -0.39 is 5.92 Å². The Morgan fingerprint density at radius 1 is 1.33 bits per heavy atom. The number of alkyl halides is 2. The molecule has 0 saturated heterocycles. The lowest BCUT2D eigenvalue weighted by molar-refractivity contribution is -0.0658. The van der Waals surface area contributed by atoms with Crippen LogP contribution in [0.25, 0.3) is 0 Å². The molecule has 0 heterocycles. The van der Waals surface area contributed by atoms with Gasteiger partial charge in [-0.2, -0.15) is 0 Å². The van der Waals surface area contributed by atoms with E-state index in [4.69, 9.17) is 5.73 Å². The van der Waals surface area contributed by atoms with Gasteiger partial charge in [0.05, 0.1) is 0 Å². The summed E-state index contributed by atoms with van der Waals surface area (Å²) in [5.41, 5.74) is 5.56. The average Bonchev–Trinajstić information content (AvgIpc) is 1.82. The van der Waals surface area contributed by atoms with Crippen LogP contribution < -0.4 is 5.73 Å². The predicted molar refractivity (Wildman–Crippen MR) is 45.1 cm³/mol. The second kappa shape index (κ2) is 3.29. The smallest absolute Gasteiger partial charge is 0.249 e. The van der Waals surface area contributed by atoms with E-state index in [2.05, 4.69) is 0 Å². The maximum Gasteiger partial charge on any atom is 0.249 e. The zero-order valence-corrected chi connectivity index (χ0v) is 7.69. The van der Waals surface area contributed by atoms with Crippen molar-refractivity contribution in [3.63, 3.8) is 0 Å². The Balaban J connectivity index is 2.58. The molecule has 1 nitrogen and oxygen atoms in total. The predicted octanol–water partition coefficient (Wildman–Crippen LogP) is 2.41. The van der Waals surface area contributed by atoms with Gasteiger partial charge in [-0.15, -0.1) is 0 Å². The fourth-order valence-electron chi connectivity index (χ4n) is 1.91. The summed E-state index contributed by atoms with van der Waals surface area (Å²) in [6.07, 6.45) is 0.655. The lowest BCUT2D eigenvalue weighted by Crippen LogP contribution is -2.40. The number of halogens is 2. The molecule has 1 fully saturated rings. The molecule has 0 amide bonds. The van der Waals surface area contributed by atoms with E-state index in [1.54, 1.807) is 0 Å². The highest BCUT2D eigenvalue weighted by atomic mass is 19.3. The van der Waals surface area contributed by atoms with Gasteiger partial charge in [0.15, 0.2) is 0 Å². The Morgan fingerprint density at radius 3 is 2.33 bits per heavy atom. The van der Waals surface area contributed by atoms with Crippen LogP contribution in [0.2, 0.25) is 0 Å². The van der Waals surface area contributed by atoms with Gasteiger partial charge in [0.25, 0.3) is 0 Å². The maximum absolute atomic E-state index is 13.0. The Kier molecular flexibility index (Phi) is 2.71. The van der Waals surface area contributed by atoms with Gasteiger partial charge in [-0.05, 0) is 18.3 Å². The Morgan fingerprint density at radius 2 is 1.92 bits per heavy atom. The van der Waals surface area contributed by atoms with Gasteiger partial charge in [-0.25, -0.2) is 8.78 Å². The van der Waals surface area contributed by atoms with Crippen molar-refractivity contribution in [3.8, 4) is 0 Å². The highest BCUT2D eigenvalue weighted by molar-refractivity contribution is 4.86. The molecule has 1 saturated carbocycles. The van der Waals surface area contributed by atoms with Crippen LogP contribution in [-0.2, 0) is 0 Å². The van der Waals surface area contributed by atoms with E-state index in [1.807, 2.05) is 13.8 Å². The van der Waals surface area contributed by atoms with Crippen LogP contribution in [-0.4, -0.2) is 12.0 Å². The minimum Gasteiger partial charge on any atom is -0.327 e.